The second-order valence-corrected chi connectivity index (χ2v) is 11.8. The number of carboxylic acids is 1. The van der Waals surface area contributed by atoms with Gasteiger partial charge in [0.2, 0.25) is 0 Å². The highest BCUT2D eigenvalue weighted by Gasteiger charge is 2.49. The zero-order valence-corrected chi connectivity index (χ0v) is 23.0. The molecule has 2 aliphatic rings. The first-order chi connectivity index (χ1) is 17.8. The molecule has 0 aliphatic heterocycles. The van der Waals surface area contributed by atoms with Crippen molar-refractivity contribution in [1.29, 1.82) is 0 Å². The van der Waals surface area contributed by atoms with Crippen LogP contribution in [0.4, 0.5) is 0 Å². The average molecular weight is 508 g/mol. The Morgan fingerprint density at radius 2 is 1.95 bits per heavy atom. The second-order valence-electron chi connectivity index (χ2n) is 11.8. The van der Waals surface area contributed by atoms with Crippen LogP contribution in [0, 0.1) is 23.2 Å². The minimum absolute atomic E-state index is 0.0178. The summed E-state index contributed by atoms with van der Waals surface area (Å²) in [5.41, 5.74) is 4.00. The highest BCUT2D eigenvalue weighted by Crippen LogP contribution is 2.56. The topological polar surface area (TPSA) is 70.0 Å². The number of aryl methyl sites for hydroxylation is 1. The van der Waals surface area contributed by atoms with Gasteiger partial charge in [-0.05, 0) is 97.1 Å². The Morgan fingerprint density at radius 3 is 2.62 bits per heavy atom. The van der Waals surface area contributed by atoms with Gasteiger partial charge in [-0.25, -0.2) is 0 Å². The van der Waals surface area contributed by atoms with Crippen LogP contribution < -0.4 is 4.74 Å². The lowest BCUT2D eigenvalue weighted by atomic mass is 9.53. The van der Waals surface area contributed by atoms with E-state index < -0.39 is 12.0 Å². The number of hydrogen-bond donors (Lipinski definition) is 2. The Kier molecular flexibility index (Phi) is 8.97. The number of carboxylic acid groups (broad SMARTS) is 1. The first-order valence-corrected chi connectivity index (χ1v) is 14.1. The first kappa shape index (κ1) is 27.7. The molecule has 202 valence electrons. The van der Waals surface area contributed by atoms with Crippen molar-refractivity contribution in [2.24, 2.45) is 23.2 Å². The molecule has 2 aromatic carbocycles. The van der Waals surface area contributed by atoms with Gasteiger partial charge in [0.1, 0.15) is 18.4 Å². The van der Waals surface area contributed by atoms with Crippen LogP contribution in [0.15, 0.2) is 48.5 Å². The van der Waals surface area contributed by atoms with E-state index in [9.17, 15) is 15.0 Å². The summed E-state index contributed by atoms with van der Waals surface area (Å²) >= 11 is 0. The van der Waals surface area contributed by atoms with Crippen LogP contribution in [0.25, 0.3) is 0 Å². The van der Waals surface area contributed by atoms with Crippen LogP contribution in [0.3, 0.4) is 0 Å². The molecule has 6 atom stereocenters. The second kappa shape index (κ2) is 12.0. The zero-order valence-electron chi connectivity index (χ0n) is 23.0. The quantitative estimate of drug-likeness (QED) is 0.382. The maximum atomic E-state index is 12.1. The van der Waals surface area contributed by atoms with E-state index in [4.69, 9.17) is 4.74 Å². The molecule has 0 bridgehead atoms. The predicted molar refractivity (Wildman–Crippen MR) is 148 cm³/mol. The monoisotopic (exact) mass is 507 g/mol. The van der Waals surface area contributed by atoms with Gasteiger partial charge >= 0.3 is 5.97 Å². The number of aliphatic hydroxyl groups is 1. The Labute approximate surface area is 222 Å². The number of aliphatic carboxylic acids is 1. The number of carbonyl (C=O) groups is 1. The molecule has 5 nitrogen and oxygen atoms in total. The van der Waals surface area contributed by atoms with Crippen molar-refractivity contribution in [3.63, 3.8) is 0 Å². The largest absolute Gasteiger partial charge is 0.489 e. The molecule has 2 aromatic rings. The molecule has 0 saturated heterocycles. The maximum Gasteiger partial charge on any atom is 0.321 e. The third kappa shape index (κ3) is 6.04. The summed E-state index contributed by atoms with van der Waals surface area (Å²) in [6.07, 6.45) is 5.91. The van der Waals surface area contributed by atoms with Gasteiger partial charge in [0, 0.05) is 13.2 Å². The lowest BCUT2D eigenvalue weighted by molar-refractivity contribution is -0.146. The lowest BCUT2D eigenvalue weighted by Crippen LogP contribution is -2.52. The van der Waals surface area contributed by atoms with Crippen molar-refractivity contribution in [2.45, 2.75) is 77.9 Å². The summed E-state index contributed by atoms with van der Waals surface area (Å²) in [6.45, 7) is 7.94. The normalized spacial score (nSPS) is 26.7. The number of rotatable bonds is 11. The molecule has 1 fully saturated rings. The van der Waals surface area contributed by atoms with Crippen LogP contribution in [-0.2, 0) is 17.8 Å². The van der Waals surface area contributed by atoms with Crippen LogP contribution in [0.2, 0.25) is 0 Å². The van der Waals surface area contributed by atoms with Crippen LogP contribution >= 0.6 is 0 Å². The van der Waals surface area contributed by atoms with E-state index in [1.54, 1.807) is 0 Å². The molecule has 0 unspecified atom stereocenters. The highest BCUT2D eigenvalue weighted by atomic mass is 16.5. The molecule has 0 heterocycles. The number of ether oxygens (including phenoxy) is 1. The van der Waals surface area contributed by atoms with Gasteiger partial charge in [-0.2, -0.15) is 0 Å². The smallest absolute Gasteiger partial charge is 0.321 e. The summed E-state index contributed by atoms with van der Waals surface area (Å²) in [5, 5.41) is 20.0. The minimum Gasteiger partial charge on any atom is -0.489 e. The predicted octanol–water partition coefficient (Wildman–Crippen LogP) is 6.14. The molecular formula is C32H45NO4. The van der Waals surface area contributed by atoms with E-state index in [2.05, 4.69) is 49.1 Å². The Hall–Kier alpha value is -2.37. The fourth-order valence-electron chi connectivity index (χ4n) is 7.44. The van der Waals surface area contributed by atoms with E-state index in [0.29, 0.717) is 24.4 Å². The molecule has 0 radical (unpaired) electrons. The van der Waals surface area contributed by atoms with Gasteiger partial charge in [-0.15, -0.1) is 0 Å². The number of aliphatic hydroxyl groups excluding tert-OH is 1. The summed E-state index contributed by atoms with van der Waals surface area (Å²) in [7, 11) is 1.98. The number of hydrogen-bond acceptors (Lipinski definition) is 4. The van der Waals surface area contributed by atoms with Gasteiger partial charge in [-0.1, -0.05) is 63.6 Å². The Bertz CT molecular complexity index is 1040. The van der Waals surface area contributed by atoms with E-state index in [0.717, 1.165) is 50.8 Å². The maximum absolute atomic E-state index is 12.1. The van der Waals surface area contributed by atoms with E-state index >= 15 is 0 Å². The van der Waals surface area contributed by atoms with Crippen LogP contribution in [0.1, 0.15) is 75.5 Å². The number of fused-ring (bicyclic) bond motifs is 3. The van der Waals surface area contributed by atoms with Gasteiger partial charge in [0.25, 0.3) is 0 Å². The molecule has 2 aliphatic carbocycles. The third-order valence-corrected chi connectivity index (χ3v) is 9.43. The third-order valence-electron chi connectivity index (χ3n) is 9.43. The van der Waals surface area contributed by atoms with Crippen molar-refractivity contribution < 1.29 is 19.7 Å². The first-order valence-electron chi connectivity index (χ1n) is 14.1. The van der Waals surface area contributed by atoms with Crippen molar-refractivity contribution in [1.82, 2.24) is 4.90 Å². The van der Waals surface area contributed by atoms with Gasteiger partial charge in [0.15, 0.2) is 0 Å². The molecule has 37 heavy (non-hydrogen) atoms. The molecule has 0 aromatic heterocycles. The fraction of sp³-hybridized carbons (Fsp3) is 0.594. The summed E-state index contributed by atoms with van der Waals surface area (Å²) in [4.78, 5) is 14.2. The summed E-state index contributed by atoms with van der Waals surface area (Å²) in [6, 6.07) is 16.4. The zero-order chi connectivity index (χ0) is 26.6. The molecule has 0 amide bonds. The van der Waals surface area contributed by atoms with Crippen LogP contribution in [-0.4, -0.2) is 47.3 Å². The van der Waals surface area contributed by atoms with Gasteiger partial charge in [-0.3, -0.25) is 9.69 Å². The number of benzene rings is 2. The van der Waals surface area contributed by atoms with Crippen LogP contribution in [0.5, 0.6) is 5.75 Å². The molecule has 2 N–H and O–H groups in total. The SMILES string of the molecule is CC[C@H](C)[C@@H](C(=O)O)N(C)C[C@@]1(C)CC[C@@H]2c3ccc(OCc4ccccc4)cc3CC[C@H]2[C@@H]1CCO. The average Bonchev–Trinajstić information content (AvgIpc) is 2.89. The molecule has 1 saturated carbocycles. The highest BCUT2D eigenvalue weighted by molar-refractivity contribution is 5.73. The Balaban J connectivity index is 1.50. The van der Waals surface area contributed by atoms with Crippen molar-refractivity contribution in [2.75, 3.05) is 20.2 Å². The lowest BCUT2D eigenvalue weighted by Gasteiger charge is -2.53. The van der Waals surface area contributed by atoms with Crippen molar-refractivity contribution in [3.05, 3.63) is 65.2 Å². The summed E-state index contributed by atoms with van der Waals surface area (Å²) < 4.78 is 6.11. The van der Waals surface area contributed by atoms with Gasteiger partial charge in [0.05, 0.1) is 0 Å². The summed E-state index contributed by atoms with van der Waals surface area (Å²) in [5.74, 6) is 1.66. The standard InChI is InChI=1S/C32H45NO4/c1-5-22(2)30(31(35)36)33(4)21-32(3)17-15-27-26-14-12-25(37-20-23-9-7-6-8-10-23)19-24(26)11-13-28(27)29(32)16-18-34/h6-10,12,14,19,22,27-30,34H,5,11,13,15-18,20-21H2,1-4H3,(H,35,36)/t22-,27+,28+,29-,30-,32+/m0/s1. The number of nitrogens with zero attached hydrogens (tertiary/aromatic N) is 1. The molecule has 4 rings (SSSR count). The number of likely N-dealkylation sites (N-methyl/N-ethyl adjacent to an activating group) is 1. The van der Waals surface area contributed by atoms with E-state index in [1.165, 1.54) is 16.7 Å². The van der Waals surface area contributed by atoms with E-state index in [-0.39, 0.29) is 17.9 Å². The Morgan fingerprint density at radius 1 is 1.19 bits per heavy atom. The van der Waals surface area contributed by atoms with Gasteiger partial charge < -0.3 is 14.9 Å². The van der Waals surface area contributed by atoms with Crippen molar-refractivity contribution in [3.8, 4) is 5.75 Å². The molecule has 5 heteroatoms. The molecule has 0 spiro atoms. The van der Waals surface area contributed by atoms with E-state index in [1.807, 2.05) is 32.2 Å². The fourth-order valence-corrected chi connectivity index (χ4v) is 7.44. The minimum atomic E-state index is -0.732. The molecular weight excluding hydrogens is 462 g/mol. The van der Waals surface area contributed by atoms with Crippen molar-refractivity contribution >= 4 is 5.97 Å².